The van der Waals surface area contributed by atoms with Gasteiger partial charge >= 0.3 is 6.18 Å². The minimum absolute atomic E-state index is 0.0289. The lowest BCUT2D eigenvalue weighted by Crippen LogP contribution is -2.44. The normalized spacial score (nSPS) is 21.6. The summed E-state index contributed by atoms with van der Waals surface area (Å²) >= 11 is 0. The van der Waals surface area contributed by atoms with Gasteiger partial charge in [-0.25, -0.2) is 0 Å². The average molecular weight is 370 g/mol. The van der Waals surface area contributed by atoms with E-state index < -0.39 is 12.0 Å². The maximum absolute atomic E-state index is 13.0. The Bertz CT molecular complexity index is 817. The summed E-state index contributed by atoms with van der Waals surface area (Å²) in [5.74, 6) is -0.902. The van der Waals surface area contributed by atoms with Crippen LogP contribution in [-0.4, -0.2) is 70.0 Å². The molecule has 8 nitrogen and oxygen atoms in total. The second-order valence-electron chi connectivity index (χ2n) is 6.35. The number of carbonyl (C=O) groups is 1. The Hall–Kier alpha value is -2.43. The first-order valence-electron chi connectivity index (χ1n) is 8.34. The molecule has 2 saturated heterocycles. The fraction of sp³-hybridized carbons (Fsp3) is 0.600. The summed E-state index contributed by atoms with van der Waals surface area (Å²) in [6.45, 7) is 3.22. The number of alkyl halides is 3. The number of rotatable bonds is 2. The maximum Gasteiger partial charge on any atom is 0.453 e. The molecule has 0 aromatic carbocycles. The smallest absolute Gasteiger partial charge is 0.378 e. The van der Waals surface area contributed by atoms with Crippen LogP contribution in [0.2, 0.25) is 0 Å². The number of fused-ring (bicyclic) bond motifs is 1. The van der Waals surface area contributed by atoms with Gasteiger partial charge in [-0.2, -0.15) is 17.7 Å². The first-order valence-corrected chi connectivity index (χ1v) is 8.34. The number of amides is 1. The third kappa shape index (κ3) is 3.06. The molecule has 2 fully saturated rings. The minimum Gasteiger partial charge on any atom is -0.378 e. The summed E-state index contributed by atoms with van der Waals surface area (Å²) < 4.78 is 44.9. The molecule has 0 N–H and O–H groups in total. The number of hydrogen-bond acceptors (Lipinski definition) is 6. The number of carbonyl (C=O) groups excluding carboxylic acids is 1. The molecule has 140 valence electrons. The van der Waals surface area contributed by atoms with Crippen LogP contribution >= 0.6 is 0 Å². The van der Waals surface area contributed by atoms with Gasteiger partial charge < -0.3 is 14.5 Å². The molecule has 11 heteroatoms. The van der Waals surface area contributed by atoms with Crippen molar-refractivity contribution in [2.45, 2.75) is 12.6 Å². The second-order valence-corrected chi connectivity index (χ2v) is 6.35. The monoisotopic (exact) mass is 370 g/mol. The van der Waals surface area contributed by atoms with Gasteiger partial charge in [0, 0.05) is 26.2 Å². The van der Waals surface area contributed by atoms with Gasteiger partial charge in [0.25, 0.3) is 5.82 Å². The van der Waals surface area contributed by atoms with E-state index in [1.165, 1.54) is 6.07 Å². The van der Waals surface area contributed by atoms with Crippen molar-refractivity contribution in [2.24, 2.45) is 5.92 Å². The van der Waals surface area contributed by atoms with E-state index in [2.05, 4.69) is 15.3 Å². The molecule has 2 aliphatic heterocycles. The SMILES string of the molecule is O=C(C1CCN(c2ccc3nnc(C(F)(F)F)n3n2)C1)N1CCOCC1. The molecule has 4 rings (SSSR count). The zero-order valence-corrected chi connectivity index (χ0v) is 13.8. The molecule has 0 aliphatic carbocycles. The van der Waals surface area contributed by atoms with Crippen LogP contribution < -0.4 is 4.90 Å². The van der Waals surface area contributed by atoms with Crippen LogP contribution in [0.1, 0.15) is 12.2 Å². The fourth-order valence-corrected chi connectivity index (χ4v) is 3.34. The Balaban J connectivity index is 1.52. The number of aromatic nitrogens is 4. The fourth-order valence-electron chi connectivity index (χ4n) is 3.34. The van der Waals surface area contributed by atoms with Crippen LogP contribution in [0.25, 0.3) is 5.65 Å². The lowest BCUT2D eigenvalue weighted by molar-refractivity contribution is -0.146. The first kappa shape index (κ1) is 17.0. The Morgan fingerprint density at radius 1 is 1.15 bits per heavy atom. The Labute approximate surface area is 146 Å². The summed E-state index contributed by atoms with van der Waals surface area (Å²) in [5, 5.41) is 10.7. The number of anilines is 1. The van der Waals surface area contributed by atoms with E-state index >= 15 is 0 Å². The van der Waals surface area contributed by atoms with E-state index in [1.54, 1.807) is 11.0 Å². The highest BCUT2D eigenvalue weighted by atomic mass is 19.4. The van der Waals surface area contributed by atoms with Crippen LogP contribution in [-0.2, 0) is 15.7 Å². The summed E-state index contributed by atoms with van der Waals surface area (Å²) in [7, 11) is 0. The molecule has 26 heavy (non-hydrogen) atoms. The molecular formula is C15H17F3N6O2. The van der Waals surface area contributed by atoms with Gasteiger partial charge in [0.05, 0.1) is 19.1 Å². The van der Waals surface area contributed by atoms with Crippen LogP contribution in [0.5, 0.6) is 0 Å². The highest BCUT2D eigenvalue weighted by Crippen LogP contribution is 2.29. The quantitative estimate of drug-likeness (QED) is 0.780. The predicted octanol–water partition coefficient (Wildman–Crippen LogP) is 0.828. The lowest BCUT2D eigenvalue weighted by atomic mass is 10.1. The van der Waals surface area contributed by atoms with Crippen molar-refractivity contribution in [3.63, 3.8) is 0 Å². The van der Waals surface area contributed by atoms with Crippen molar-refractivity contribution >= 4 is 17.4 Å². The molecule has 4 heterocycles. The molecule has 0 radical (unpaired) electrons. The zero-order valence-electron chi connectivity index (χ0n) is 13.8. The molecule has 1 amide bonds. The topological polar surface area (TPSA) is 75.9 Å². The van der Waals surface area contributed by atoms with Gasteiger partial charge in [0.15, 0.2) is 5.65 Å². The largest absolute Gasteiger partial charge is 0.453 e. The summed E-state index contributed by atoms with van der Waals surface area (Å²) in [5.41, 5.74) is 0.0289. The summed E-state index contributed by atoms with van der Waals surface area (Å²) in [6, 6.07) is 3.05. The van der Waals surface area contributed by atoms with Crippen LogP contribution in [0.3, 0.4) is 0 Å². The Kier molecular flexibility index (Phi) is 4.17. The van der Waals surface area contributed by atoms with Gasteiger partial charge in [0.1, 0.15) is 5.82 Å². The van der Waals surface area contributed by atoms with Gasteiger partial charge in [-0.05, 0) is 18.6 Å². The van der Waals surface area contributed by atoms with E-state index in [0.717, 1.165) is 0 Å². The molecule has 2 aromatic rings. The van der Waals surface area contributed by atoms with E-state index in [9.17, 15) is 18.0 Å². The highest BCUT2D eigenvalue weighted by Gasteiger charge is 2.38. The van der Waals surface area contributed by atoms with Crippen molar-refractivity contribution in [3.8, 4) is 0 Å². The second kappa shape index (κ2) is 6.38. The molecule has 0 spiro atoms. The first-order chi connectivity index (χ1) is 12.4. The van der Waals surface area contributed by atoms with Crippen LogP contribution in [0.4, 0.5) is 19.0 Å². The molecule has 2 aromatic heterocycles. The van der Waals surface area contributed by atoms with Gasteiger partial charge in [-0.3, -0.25) is 4.79 Å². The maximum atomic E-state index is 13.0. The zero-order chi connectivity index (χ0) is 18.3. The standard InChI is InChI=1S/C15H17F3N6O2/c16-15(17,18)14-20-19-11-1-2-12(21-24(11)14)23-4-3-10(9-23)13(25)22-5-7-26-8-6-22/h1-2,10H,3-9H2. The molecule has 1 atom stereocenters. The average Bonchev–Trinajstić information content (AvgIpc) is 3.28. The highest BCUT2D eigenvalue weighted by molar-refractivity contribution is 5.80. The molecule has 0 bridgehead atoms. The number of ether oxygens (including phenoxy) is 1. The van der Waals surface area contributed by atoms with Gasteiger partial charge in [0.2, 0.25) is 5.91 Å². The van der Waals surface area contributed by atoms with Crippen molar-refractivity contribution in [3.05, 3.63) is 18.0 Å². The third-order valence-electron chi connectivity index (χ3n) is 4.69. The molecule has 2 aliphatic rings. The van der Waals surface area contributed by atoms with Crippen molar-refractivity contribution < 1.29 is 22.7 Å². The predicted molar refractivity (Wildman–Crippen MR) is 83.5 cm³/mol. The van der Waals surface area contributed by atoms with E-state index in [1.807, 2.05) is 4.90 Å². The number of halogens is 3. The number of nitrogens with zero attached hydrogens (tertiary/aromatic N) is 6. The van der Waals surface area contributed by atoms with E-state index in [4.69, 9.17) is 4.74 Å². The molecule has 0 saturated carbocycles. The van der Waals surface area contributed by atoms with Crippen molar-refractivity contribution in [2.75, 3.05) is 44.3 Å². The van der Waals surface area contributed by atoms with Crippen LogP contribution in [0, 0.1) is 5.92 Å². The van der Waals surface area contributed by atoms with Crippen molar-refractivity contribution in [1.29, 1.82) is 0 Å². The van der Waals surface area contributed by atoms with E-state index in [-0.39, 0.29) is 17.5 Å². The van der Waals surface area contributed by atoms with Crippen LogP contribution in [0.15, 0.2) is 12.1 Å². The Morgan fingerprint density at radius 3 is 2.65 bits per heavy atom. The summed E-state index contributed by atoms with van der Waals surface area (Å²) in [4.78, 5) is 16.2. The lowest BCUT2D eigenvalue weighted by Gasteiger charge is -2.29. The molecule has 1 unspecified atom stereocenters. The van der Waals surface area contributed by atoms with Gasteiger partial charge in [-0.15, -0.1) is 15.3 Å². The minimum atomic E-state index is -4.63. The molecular weight excluding hydrogens is 353 g/mol. The summed E-state index contributed by atoms with van der Waals surface area (Å²) in [6.07, 6.45) is -3.99. The van der Waals surface area contributed by atoms with Gasteiger partial charge in [-0.1, -0.05) is 0 Å². The van der Waals surface area contributed by atoms with Crippen molar-refractivity contribution in [1.82, 2.24) is 24.7 Å². The number of hydrogen-bond donors (Lipinski definition) is 0. The Morgan fingerprint density at radius 2 is 1.92 bits per heavy atom. The number of morpholine rings is 1. The van der Waals surface area contributed by atoms with E-state index in [0.29, 0.717) is 56.1 Å². The third-order valence-corrected chi connectivity index (χ3v) is 4.69.